The Bertz CT molecular complexity index is 463. The van der Waals surface area contributed by atoms with Gasteiger partial charge in [0.1, 0.15) is 5.75 Å². The van der Waals surface area contributed by atoms with Crippen LogP contribution in [-0.2, 0) is 0 Å². The molecule has 0 saturated carbocycles. The summed E-state index contributed by atoms with van der Waals surface area (Å²) in [5.74, 6) is 2.90. The van der Waals surface area contributed by atoms with Crippen LogP contribution >= 0.6 is 0 Å². The fourth-order valence-electron chi connectivity index (χ4n) is 1.51. The Morgan fingerprint density at radius 3 is 2.89 bits per heavy atom. The molecule has 1 aromatic rings. The van der Waals surface area contributed by atoms with E-state index in [4.69, 9.17) is 16.9 Å². The van der Waals surface area contributed by atoms with Crippen LogP contribution in [0.5, 0.6) is 5.75 Å². The van der Waals surface area contributed by atoms with Crippen molar-refractivity contribution >= 4 is 11.6 Å². The Hall–Kier alpha value is -2.15. The van der Waals surface area contributed by atoms with E-state index in [9.17, 15) is 4.79 Å². The molecule has 0 heterocycles. The summed E-state index contributed by atoms with van der Waals surface area (Å²) in [6.07, 6.45) is 5.68. The SMILES string of the molecule is C#CCC(C)NC(=O)c1ccc(OCC)c(N)c1. The van der Waals surface area contributed by atoms with Crippen molar-refractivity contribution in [2.45, 2.75) is 26.3 Å². The van der Waals surface area contributed by atoms with Gasteiger partial charge in [0.25, 0.3) is 5.91 Å². The molecule has 1 amide bonds. The first-order valence-electron chi connectivity index (χ1n) is 5.85. The Labute approximate surface area is 108 Å². The Morgan fingerprint density at radius 1 is 1.61 bits per heavy atom. The number of carbonyl (C=O) groups excluding carboxylic acids is 1. The molecule has 0 aliphatic carbocycles. The molecule has 0 saturated heterocycles. The van der Waals surface area contributed by atoms with Crippen molar-refractivity contribution in [1.82, 2.24) is 5.32 Å². The lowest BCUT2D eigenvalue weighted by Crippen LogP contribution is -2.32. The van der Waals surface area contributed by atoms with Crippen molar-refractivity contribution in [3.63, 3.8) is 0 Å². The molecular formula is C14H18N2O2. The maximum absolute atomic E-state index is 11.9. The quantitative estimate of drug-likeness (QED) is 0.615. The van der Waals surface area contributed by atoms with Gasteiger partial charge in [-0.15, -0.1) is 12.3 Å². The number of ether oxygens (including phenoxy) is 1. The summed E-state index contributed by atoms with van der Waals surface area (Å²) < 4.78 is 5.31. The summed E-state index contributed by atoms with van der Waals surface area (Å²) in [5, 5.41) is 2.80. The van der Waals surface area contributed by atoms with Crippen molar-refractivity contribution in [3.8, 4) is 18.1 Å². The fraction of sp³-hybridized carbons (Fsp3) is 0.357. The topological polar surface area (TPSA) is 64.3 Å². The minimum Gasteiger partial charge on any atom is -0.492 e. The molecule has 96 valence electrons. The fourth-order valence-corrected chi connectivity index (χ4v) is 1.51. The first kappa shape index (κ1) is 13.9. The zero-order valence-corrected chi connectivity index (χ0v) is 10.7. The lowest BCUT2D eigenvalue weighted by molar-refractivity contribution is 0.0941. The van der Waals surface area contributed by atoms with Crippen LogP contribution in [-0.4, -0.2) is 18.6 Å². The van der Waals surface area contributed by atoms with E-state index in [1.807, 2.05) is 13.8 Å². The Kier molecular flexibility index (Phi) is 5.06. The molecular weight excluding hydrogens is 228 g/mol. The Balaban J connectivity index is 2.75. The van der Waals surface area contributed by atoms with E-state index in [1.165, 1.54) is 0 Å². The number of anilines is 1. The predicted molar refractivity (Wildman–Crippen MR) is 72.4 cm³/mol. The van der Waals surface area contributed by atoms with Crippen molar-refractivity contribution in [2.75, 3.05) is 12.3 Å². The second-order valence-corrected chi connectivity index (χ2v) is 3.97. The van der Waals surface area contributed by atoms with E-state index in [0.717, 1.165) is 0 Å². The first-order chi connectivity index (χ1) is 8.58. The van der Waals surface area contributed by atoms with E-state index in [2.05, 4.69) is 11.2 Å². The van der Waals surface area contributed by atoms with Crippen molar-refractivity contribution in [1.29, 1.82) is 0 Å². The summed E-state index contributed by atoms with van der Waals surface area (Å²) in [4.78, 5) is 11.9. The van der Waals surface area contributed by atoms with Crippen LogP contribution in [0.2, 0.25) is 0 Å². The number of nitrogens with two attached hydrogens (primary N) is 1. The van der Waals surface area contributed by atoms with Gasteiger partial charge in [-0.25, -0.2) is 0 Å². The standard InChI is InChI=1S/C14H18N2O2/c1-4-6-10(3)16-14(17)11-7-8-13(18-5-2)12(15)9-11/h1,7-10H,5-6,15H2,2-3H3,(H,16,17). The second kappa shape index (κ2) is 6.55. The molecule has 3 N–H and O–H groups in total. The van der Waals surface area contributed by atoms with E-state index in [0.29, 0.717) is 30.0 Å². The molecule has 4 heteroatoms. The number of benzene rings is 1. The highest BCUT2D eigenvalue weighted by Gasteiger charge is 2.11. The molecule has 1 unspecified atom stereocenters. The lowest BCUT2D eigenvalue weighted by Gasteiger charge is -2.12. The minimum absolute atomic E-state index is 0.0599. The van der Waals surface area contributed by atoms with Crippen LogP contribution < -0.4 is 15.8 Å². The smallest absolute Gasteiger partial charge is 0.251 e. The maximum atomic E-state index is 11.9. The average Bonchev–Trinajstić information content (AvgIpc) is 2.32. The highest BCUT2D eigenvalue weighted by molar-refractivity contribution is 5.95. The maximum Gasteiger partial charge on any atom is 0.251 e. The van der Waals surface area contributed by atoms with Gasteiger partial charge in [-0.2, -0.15) is 0 Å². The molecule has 0 aliphatic rings. The predicted octanol–water partition coefficient (Wildman–Crippen LogP) is 1.81. The summed E-state index contributed by atoms with van der Waals surface area (Å²) in [6.45, 7) is 4.27. The summed E-state index contributed by atoms with van der Waals surface area (Å²) in [5.41, 5.74) is 6.75. The van der Waals surface area contributed by atoms with E-state index < -0.39 is 0 Å². The van der Waals surface area contributed by atoms with E-state index in [-0.39, 0.29) is 11.9 Å². The van der Waals surface area contributed by atoms with Crippen LogP contribution in [0, 0.1) is 12.3 Å². The summed E-state index contributed by atoms with van der Waals surface area (Å²) in [6, 6.07) is 4.91. The molecule has 1 atom stereocenters. The molecule has 0 bridgehead atoms. The number of hydrogen-bond donors (Lipinski definition) is 2. The number of carbonyl (C=O) groups is 1. The summed E-state index contributed by atoms with van der Waals surface area (Å²) >= 11 is 0. The van der Waals surface area contributed by atoms with Gasteiger partial charge in [-0.05, 0) is 32.0 Å². The van der Waals surface area contributed by atoms with Crippen LogP contribution in [0.15, 0.2) is 18.2 Å². The normalized spacial score (nSPS) is 11.4. The van der Waals surface area contributed by atoms with Crippen molar-refractivity contribution < 1.29 is 9.53 Å². The van der Waals surface area contributed by atoms with Crippen LogP contribution in [0.25, 0.3) is 0 Å². The molecule has 0 spiro atoms. The van der Waals surface area contributed by atoms with Crippen LogP contribution in [0.4, 0.5) is 5.69 Å². The largest absolute Gasteiger partial charge is 0.492 e. The zero-order chi connectivity index (χ0) is 13.5. The number of nitrogens with one attached hydrogen (secondary N) is 1. The number of terminal acetylenes is 1. The number of amides is 1. The zero-order valence-electron chi connectivity index (χ0n) is 10.7. The Morgan fingerprint density at radius 2 is 2.33 bits per heavy atom. The number of rotatable bonds is 5. The van der Waals surface area contributed by atoms with Crippen LogP contribution in [0.1, 0.15) is 30.6 Å². The molecule has 1 aromatic carbocycles. The van der Waals surface area contributed by atoms with Gasteiger partial charge in [0.2, 0.25) is 0 Å². The van der Waals surface area contributed by atoms with E-state index in [1.54, 1.807) is 18.2 Å². The summed E-state index contributed by atoms with van der Waals surface area (Å²) in [7, 11) is 0. The van der Waals surface area contributed by atoms with E-state index >= 15 is 0 Å². The monoisotopic (exact) mass is 246 g/mol. The molecule has 0 fully saturated rings. The van der Waals surface area contributed by atoms with Crippen molar-refractivity contribution in [2.24, 2.45) is 0 Å². The van der Waals surface area contributed by atoms with Gasteiger partial charge >= 0.3 is 0 Å². The molecule has 0 aliphatic heterocycles. The third-order valence-corrected chi connectivity index (χ3v) is 2.37. The highest BCUT2D eigenvalue weighted by Crippen LogP contribution is 2.22. The average molecular weight is 246 g/mol. The molecule has 4 nitrogen and oxygen atoms in total. The molecule has 1 rings (SSSR count). The van der Waals surface area contributed by atoms with Gasteiger partial charge in [0.05, 0.1) is 12.3 Å². The lowest BCUT2D eigenvalue weighted by atomic mass is 10.1. The van der Waals surface area contributed by atoms with Gasteiger partial charge < -0.3 is 15.8 Å². The second-order valence-electron chi connectivity index (χ2n) is 3.97. The first-order valence-corrected chi connectivity index (χ1v) is 5.85. The van der Waals surface area contributed by atoms with Crippen molar-refractivity contribution in [3.05, 3.63) is 23.8 Å². The minimum atomic E-state index is -0.188. The number of nitrogen functional groups attached to an aromatic ring is 1. The molecule has 0 radical (unpaired) electrons. The highest BCUT2D eigenvalue weighted by atomic mass is 16.5. The third-order valence-electron chi connectivity index (χ3n) is 2.37. The van der Waals surface area contributed by atoms with Gasteiger partial charge in [0, 0.05) is 18.0 Å². The van der Waals surface area contributed by atoms with Gasteiger partial charge in [-0.3, -0.25) is 4.79 Å². The van der Waals surface area contributed by atoms with Gasteiger partial charge in [-0.1, -0.05) is 0 Å². The molecule has 18 heavy (non-hydrogen) atoms. The van der Waals surface area contributed by atoms with Gasteiger partial charge in [0.15, 0.2) is 0 Å². The molecule has 0 aromatic heterocycles. The van der Waals surface area contributed by atoms with Crippen LogP contribution in [0.3, 0.4) is 0 Å². The number of hydrogen-bond acceptors (Lipinski definition) is 3. The third kappa shape index (κ3) is 3.70.